The van der Waals surface area contributed by atoms with Crippen LogP contribution in [0.1, 0.15) is 59.9 Å². The van der Waals surface area contributed by atoms with Crippen molar-refractivity contribution >= 4 is 11.6 Å². The van der Waals surface area contributed by atoms with E-state index in [-0.39, 0.29) is 10.9 Å². The molecule has 6 heteroatoms. The predicted octanol–water partition coefficient (Wildman–Crippen LogP) is 4.89. The molecule has 0 saturated heterocycles. The van der Waals surface area contributed by atoms with Gasteiger partial charge in [-0.15, -0.1) is 0 Å². The van der Waals surface area contributed by atoms with Crippen LogP contribution < -0.4 is 11.2 Å². The monoisotopic (exact) mass is 412 g/mol. The Labute approximate surface area is 172 Å². The molecule has 1 aliphatic rings. The lowest BCUT2D eigenvalue weighted by Gasteiger charge is -2.29. The van der Waals surface area contributed by atoms with Crippen LogP contribution >= 0.6 is 11.6 Å². The number of benzene rings is 2. The van der Waals surface area contributed by atoms with Crippen LogP contribution in [0.4, 0.5) is 4.39 Å². The maximum Gasteiger partial charge on any atom is 0.325 e. The lowest BCUT2D eigenvalue weighted by Crippen LogP contribution is -2.30. The average Bonchev–Trinajstić information content (AvgIpc) is 2.73. The van der Waals surface area contributed by atoms with Gasteiger partial charge in [-0.05, 0) is 60.8 Å². The van der Waals surface area contributed by atoms with Gasteiger partial charge in [0, 0.05) is 17.7 Å². The Kier molecular flexibility index (Phi) is 5.67. The van der Waals surface area contributed by atoms with E-state index in [1.54, 1.807) is 6.07 Å². The zero-order valence-electron chi connectivity index (χ0n) is 15.9. The van der Waals surface area contributed by atoms with Crippen LogP contribution in [-0.2, 0) is 6.42 Å². The van der Waals surface area contributed by atoms with Crippen molar-refractivity contribution < 1.29 is 4.39 Å². The van der Waals surface area contributed by atoms with Gasteiger partial charge in [-0.2, -0.15) is 0 Å². The summed E-state index contributed by atoms with van der Waals surface area (Å²) in [6, 6.07) is 14.9. The zero-order chi connectivity index (χ0) is 20.4. The van der Waals surface area contributed by atoms with Crippen molar-refractivity contribution in [1.29, 1.82) is 0 Å². The fourth-order valence-electron chi connectivity index (χ4n) is 4.35. The fourth-order valence-corrected chi connectivity index (χ4v) is 4.55. The summed E-state index contributed by atoms with van der Waals surface area (Å²) in [6.07, 6.45) is 4.10. The summed E-state index contributed by atoms with van der Waals surface area (Å²) in [7, 11) is 0. The summed E-state index contributed by atoms with van der Waals surface area (Å²) in [5.74, 6) is 0.127. The van der Waals surface area contributed by atoms with Crippen molar-refractivity contribution in [1.82, 2.24) is 9.97 Å². The van der Waals surface area contributed by atoms with Gasteiger partial charge in [-0.3, -0.25) is 9.78 Å². The van der Waals surface area contributed by atoms with E-state index in [0.717, 1.165) is 31.2 Å². The molecule has 2 aromatic carbocycles. The van der Waals surface area contributed by atoms with E-state index in [2.05, 4.69) is 34.2 Å². The molecular formula is C23H22ClFN2O2. The molecule has 0 atom stereocenters. The molecule has 4 nitrogen and oxygen atoms in total. The molecule has 1 aromatic heterocycles. The molecule has 4 rings (SSSR count). The van der Waals surface area contributed by atoms with Crippen LogP contribution in [0.15, 0.2) is 58.1 Å². The van der Waals surface area contributed by atoms with E-state index >= 15 is 0 Å². The van der Waals surface area contributed by atoms with Crippen molar-refractivity contribution in [3.8, 4) is 0 Å². The third kappa shape index (κ3) is 4.35. The molecular weight excluding hydrogens is 391 g/mol. The van der Waals surface area contributed by atoms with Gasteiger partial charge in [0.2, 0.25) is 0 Å². The molecule has 1 saturated carbocycles. The van der Waals surface area contributed by atoms with Crippen molar-refractivity contribution in [3.63, 3.8) is 0 Å². The highest BCUT2D eigenvalue weighted by Gasteiger charge is 2.27. The predicted molar refractivity (Wildman–Crippen MR) is 112 cm³/mol. The minimum Gasteiger partial charge on any atom is -0.311 e. The van der Waals surface area contributed by atoms with Crippen LogP contribution in [-0.4, -0.2) is 9.97 Å². The summed E-state index contributed by atoms with van der Waals surface area (Å²) in [5, 5.41) is 0.0215. The van der Waals surface area contributed by atoms with E-state index in [4.69, 9.17) is 11.6 Å². The maximum absolute atomic E-state index is 13.5. The molecule has 0 bridgehead atoms. The average molecular weight is 413 g/mol. The first-order valence-corrected chi connectivity index (χ1v) is 10.2. The Morgan fingerprint density at radius 3 is 2.31 bits per heavy atom. The Morgan fingerprint density at radius 2 is 1.62 bits per heavy atom. The second-order valence-corrected chi connectivity index (χ2v) is 8.09. The highest BCUT2D eigenvalue weighted by molar-refractivity contribution is 6.30. The quantitative estimate of drug-likeness (QED) is 0.640. The molecule has 0 amide bonds. The molecule has 0 unspecified atom stereocenters. The van der Waals surface area contributed by atoms with Gasteiger partial charge in [-0.25, -0.2) is 9.18 Å². The molecule has 1 aliphatic carbocycles. The second-order valence-electron chi connectivity index (χ2n) is 7.68. The summed E-state index contributed by atoms with van der Waals surface area (Å²) in [5.41, 5.74) is 2.41. The molecule has 1 fully saturated rings. The number of hydrogen-bond donors (Lipinski definition) is 2. The Balaban J connectivity index is 1.60. The molecule has 0 spiro atoms. The molecule has 3 aromatic rings. The van der Waals surface area contributed by atoms with E-state index < -0.39 is 17.1 Å². The number of aromatic amines is 2. The first kappa shape index (κ1) is 19.6. The third-order valence-corrected chi connectivity index (χ3v) is 6.14. The molecule has 2 N–H and O–H groups in total. The molecule has 29 heavy (non-hydrogen) atoms. The second kappa shape index (κ2) is 8.37. The summed E-state index contributed by atoms with van der Waals surface area (Å²) >= 11 is 5.89. The molecule has 0 aliphatic heterocycles. The van der Waals surface area contributed by atoms with Gasteiger partial charge < -0.3 is 4.98 Å². The van der Waals surface area contributed by atoms with Gasteiger partial charge >= 0.3 is 5.69 Å². The number of rotatable bonds is 4. The minimum atomic E-state index is -0.495. The highest BCUT2D eigenvalue weighted by Crippen LogP contribution is 2.40. The van der Waals surface area contributed by atoms with Gasteiger partial charge in [0.05, 0.1) is 5.02 Å². The summed E-state index contributed by atoms with van der Waals surface area (Å²) in [6.45, 7) is 0. The van der Waals surface area contributed by atoms with E-state index in [0.29, 0.717) is 23.6 Å². The van der Waals surface area contributed by atoms with Crippen molar-refractivity contribution in [2.24, 2.45) is 0 Å². The number of hydrogen-bond acceptors (Lipinski definition) is 2. The first-order valence-electron chi connectivity index (χ1n) is 9.85. The normalized spacial score (nSPS) is 19.2. The minimum absolute atomic E-state index is 0.0215. The maximum atomic E-state index is 13.5. The largest absolute Gasteiger partial charge is 0.325 e. The summed E-state index contributed by atoms with van der Waals surface area (Å²) in [4.78, 5) is 29.7. The van der Waals surface area contributed by atoms with Crippen molar-refractivity contribution in [3.05, 3.63) is 103 Å². The van der Waals surface area contributed by atoms with E-state index in [1.807, 2.05) is 6.07 Å². The lowest BCUT2D eigenvalue weighted by atomic mass is 9.76. The molecule has 150 valence electrons. The van der Waals surface area contributed by atoms with Crippen molar-refractivity contribution in [2.45, 2.75) is 43.9 Å². The van der Waals surface area contributed by atoms with Gasteiger partial charge in [0.25, 0.3) is 5.56 Å². The van der Waals surface area contributed by atoms with Crippen LogP contribution in [0, 0.1) is 5.82 Å². The van der Waals surface area contributed by atoms with E-state index in [9.17, 15) is 14.0 Å². The first-order chi connectivity index (χ1) is 14.0. The smallest absolute Gasteiger partial charge is 0.311 e. The highest BCUT2D eigenvalue weighted by atomic mass is 35.5. The number of halogens is 2. The lowest BCUT2D eigenvalue weighted by molar-refractivity contribution is 0.388. The topological polar surface area (TPSA) is 65.7 Å². The molecule has 1 heterocycles. The fraction of sp³-hybridized carbons (Fsp3) is 0.304. The third-order valence-electron chi connectivity index (χ3n) is 5.85. The summed E-state index contributed by atoms with van der Waals surface area (Å²) < 4.78 is 13.5. The van der Waals surface area contributed by atoms with Crippen LogP contribution in [0.2, 0.25) is 5.02 Å². The standard InChI is InChI=1S/C23H22ClFN2O2/c24-19-13-14(6-11-20(19)25)12-18-21(26-23(29)27-22(18)28)17-9-7-16(8-10-17)15-4-2-1-3-5-15/h1-6,11,13,16-17H,7-10,12H2,(H2,26,27,28,29). The van der Waals surface area contributed by atoms with Crippen LogP contribution in [0.5, 0.6) is 0 Å². The van der Waals surface area contributed by atoms with Gasteiger partial charge in [0.15, 0.2) is 0 Å². The zero-order valence-corrected chi connectivity index (χ0v) is 16.6. The number of H-pyrrole nitrogens is 2. The Hall–Kier alpha value is -2.66. The van der Waals surface area contributed by atoms with Gasteiger partial charge in [0.1, 0.15) is 5.82 Å². The molecule has 0 radical (unpaired) electrons. The van der Waals surface area contributed by atoms with Crippen LogP contribution in [0.25, 0.3) is 0 Å². The Morgan fingerprint density at radius 1 is 0.931 bits per heavy atom. The SMILES string of the molecule is O=c1[nH]c(C2CCC(c3ccccc3)CC2)c(Cc2ccc(F)c(Cl)c2)c(=O)[nH]1. The van der Waals surface area contributed by atoms with Gasteiger partial charge in [-0.1, -0.05) is 48.0 Å². The number of nitrogens with one attached hydrogen (secondary N) is 2. The number of aromatic nitrogens is 2. The Bertz CT molecular complexity index is 1120. The van der Waals surface area contributed by atoms with Crippen LogP contribution in [0.3, 0.4) is 0 Å². The van der Waals surface area contributed by atoms with Crippen molar-refractivity contribution in [2.75, 3.05) is 0 Å². The van der Waals surface area contributed by atoms with E-state index in [1.165, 1.54) is 17.7 Å².